The van der Waals surface area contributed by atoms with Crippen LogP contribution in [0.5, 0.6) is 11.5 Å². The van der Waals surface area contributed by atoms with Gasteiger partial charge in [-0.15, -0.1) is 0 Å². The minimum absolute atomic E-state index is 0.0470. The molecule has 1 amide bonds. The summed E-state index contributed by atoms with van der Waals surface area (Å²) in [6, 6.07) is 15.7. The SMILES string of the molecule is CCCOc1ccccc1C1CC(=O)NC2=C1C(=O)CC(c1ccc(OCC)cc1)C2. The maximum absolute atomic E-state index is 13.3. The van der Waals surface area contributed by atoms with Gasteiger partial charge in [-0.05, 0) is 49.4 Å². The average molecular weight is 420 g/mol. The molecular weight excluding hydrogens is 390 g/mol. The topological polar surface area (TPSA) is 64.6 Å². The summed E-state index contributed by atoms with van der Waals surface area (Å²) in [5.41, 5.74) is 3.52. The minimum atomic E-state index is -0.259. The number of carbonyl (C=O) groups excluding carboxylic acids is 2. The van der Waals surface area contributed by atoms with Gasteiger partial charge in [0.15, 0.2) is 5.78 Å². The molecule has 0 saturated heterocycles. The van der Waals surface area contributed by atoms with Crippen LogP contribution in [0, 0.1) is 0 Å². The van der Waals surface area contributed by atoms with Crippen LogP contribution in [0.4, 0.5) is 0 Å². The van der Waals surface area contributed by atoms with Crippen LogP contribution >= 0.6 is 0 Å². The molecule has 5 nitrogen and oxygen atoms in total. The highest BCUT2D eigenvalue weighted by Crippen LogP contribution is 2.44. The van der Waals surface area contributed by atoms with E-state index in [9.17, 15) is 9.59 Å². The van der Waals surface area contributed by atoms with Gasteiger partial charge < -0.3 is 14.8 Å². The van der Waals surface area contributed by atoms with Crippen molar-refractivity contribution >= 4 is 11.7 Å². The molecule has 1 aliphatic carbocycles. The Balaban J connectivity index is 1.65. The zero-order chi connectivity index (χ0) is 21.8. The van der Waals surface area contributed by atoms with E-state index in [0.29, 0.717) is 26.1 Å². The second-order valence-corrected chi connectivity index (χ2v) is 8.11. The summed E-state index contributed by atoms with van der Waals surface area (Å²) in [6.45, 7) is 5.24. The van der Waals surface area contributed by atoms with E-state index in [1.54, 1.807) is 0 Å². The highest BCUT2D eigenvalue weighted by molar-refractivity contribution is 6.02. The average Bonchev–Trinajstić information content (AvgIpc) is 2.77. The Morgan fingerprint density at radius 1 is 0.935 bits per heavy atom. The molecule has 5 heteroatoms. The lowest BCUT2D eigenvalue weighted by molar-refractivity contribution is -0.122. The lowest BCUT2D eigenvalue weighted by Gasteiger charge is -2.35. The van der Waals surface area contributed by atoms with Crippen molar-refractivity contribution in [3.05, 3.63) is 70.9 Å². The first kappa shape index (κ1) is 21.2. The maximum atomic E-state index is 13.3. The van der Waals surface area contributed by atoms with Crippen LogP contribution in [0.3, 0.4) is 0 Å². The molecule has 2 aliphatic rings. The van der Waals surface area contributed by atoms with Gasteiger partial charge in [0.1, 0.15) is 11.5 Å². The number of benzene rings is 2. The predicted octanol–water partition coefficient (Wildman–Crippen LogP) is 4.88. The molecule has 0 radical (unpaired) electrons. The molecule has 4 rings (SSSR count). The second kappa shape index (κ2) is 9.38. The van der Waals surface area contributed by atoms with Crippen LogP contribution in [-0.4, -0.2) is 24.9 Å². The van der Waals surface area contributed by atoms with Gasteiger partial charge in [0.25, 0.3) is 0 Å². The lowest BCUT2D eigenvalue weighted by Crippen LogP contribution is -2.38. The van der Waals surface area contributed by atoms with Crippen molar-refractivity contribution in [3.63, 3.8) is 0 Å². The molecule has 31 heavy (non-hydrogen) atoms. The van der Waals surface area contributed by atoms with Gasteiger partial charge in [0.2, 0.25) is 5.91 Å². The maximum Gasteiger partial charge on any atom is 0.225 e. The van der Waals surface area contributed by atoms with E-state index in [-0.39, 0.29) is 29.9 Å². The molecule has 2 aromatic carbocycles. The van der Waals surface area contributed by atoms with E-state index in [0.717, 1.165) is 40.3 Å². The Kier molecular flexibility index (Phi) is 6.40. The molecule has 0 bridgehead atoms. The number of ketones is 1. The molecule has 2 aromatic rings. The summed E-state index contributed by atoms with van der Waals surface area (Å²) in [4.78, 5) is 25.9. The molecule has 0 aromatic heterocycles. The fraction of sp³-hybridized carbons (Fsp3) is 0.385. The summed E-state index contributed by atoms with van der Waals surface area (Å²) in [6.07, 6.45) is 2.26. The molecule has 2 atom stereocenters. The van der Waals surface area contributed by atoms with E-state index < -0.39 is 0 Å². The van der Waals surface area contributed by atoms with Gasteiger partial charge in [0.05, 0.1) is 13.2 Å². The van der Waals surface area contributed by atoms with Crippen LogP contribution < -0.4 is 14.8 Å². The number of hydrogen-bond donors (Lipinski definition) is 1. The molecule has 0 saturated carbocycles. The van der Waals surface area contributed by atoms with Crippen LogP contribution in [0.2, 0.25) is 0 Å². The summed E-state index contributed by atoms with van der Waals surface area (Å²) in [5, 5.41) is 3.00. The number of amides is 1. The van der Waals surface area contributed by atoms with E-state index in [2.05, 4.69) is 12.2 Å². The van der Waals surface area contributed by atoms with Crippen LogP contribution in [-0.2, 0) is 9.59 Å². The summed E-state index contributed by atoms with van der Waals surface area (Å²) >= 11 is 0. The monoisotopic (exact) mass is 419 g/mol. The van der Waals surface area contributed by atoms with E-state index in [1.807, 2.05) is 55.5 Å². The predicted molar refractivity (Wildman–Crippen MR) is 119 cm³/mol. The van der Waals surface area contributed by atoms with Gasteiger partial charge >= 0.3 is 0 Å². The van der Waals surface area contributed by atoms with Gasteiger partial charge in [-0.2, -0.15) is 0 Å². The van der Waals surface area contributed by atoms with Crippen molar-refractivity contribution < 1.29 is 19.1 Å². The Bertz CT molecular complexity index is 993. The standard InChI is InChI=1S/C26H29NO4/c1-3-13-31-24-8-6-5-7-20(24)21-16-25(29)27-22-14-18(15-23(28)26(21)22)17-9-11-19(12-10-17)30-4-2/h5-12,18,21H,3-4,13-16H2,1-2H3,(H,27,29). The van der Waals surface area contributed by atoms with Gasteiger partial charge in [-0.25, -0.2) is 0 Å². The Hall–Kier alpha value is -3.08. The van der Waals surface area contributed by atoms with Crippen molar-refractivity contribution in [2.24, 2.45) is 0 Å². The molecule has 1 aliphatic heterocycles. The highest BCUT2D eigenvalue weighted by Gasteiger charge is 2.39. The number of hydrogen-bond acceptors (Lipinski definition) is 4. The number of para-hydroxylation sites is 1. The number of carbonyl (C=O) groups is 2. The zero-order valence-electron chi connectivity index (χ0n) is 18.1. The van der Waals surface area contributed by atoms with Gasteiger partial charge in [0, 0.05) is 35.6 Å². The first-order chi connectivity index (χ1) is 15.1. The summed E-state index contributed by atoms with van der Waals surface area (Å²) in [7, 11) is 0. The number of ether oxygens (including phenoxy) is 2. The van der Waals surface area contributed by atoms with Crippen LogP contribution in [0.15, 0.2) is 59.8 Å². The van der Waals surface area contributed by atoms with Gasteiger partial charge in [-0.1, -0.05) is 37.3 Å². The van der Waals surface area contributed by atoms with E-state index >= 15 is 0 Å². The van der Waals surface area contributed by atoms with Crippen molar-refractivity contribution in [1.29, 1.82) is 0 Å². The lowest BCUT2D eigenvalue weighted by atomic mass is 9.73. The molecule has 162 valence electrons. The van der Waals surface area contributed by atoms with Crippen LogP contribution in [0.25, 0.3) is 0 Å². The Morgan fingerprint density at radius 2 is 1.71 bits per heavy atom. The quantitative estimate of drug-likeness (QED) is 0.695. The van der Waals surface area contributed by atoms with E-state index in [1.165, 1.54) is 0 Å². The van der Waals surface area contributed by atoms with Gasteiger partial charge in [-0.3, -0.25) is 9.59 Å². The fourth-order valence-corrected chi connectivity index (χ4v) is 4.58. The molecule has 0 spiro atoms. The Labute approximate surface area is 183 Å². The Morgan fingerprint density at radius 3 is 2.45 bits per heavy atom. The summed E-state index contributed by atoms with van der Waals surface area (Å²) < 4.78 is 11.5. The van der Waals surface area contributed by atoms with Crippen molar-refractivity contribution in [3.8, 4) is 11.5 Å². The third-order valence-corrected chi connectivity index (χ3v) is 5.95. The third-order valence-electron chi connectivity index (χ3n) is 5.95. The van der Waals surface area contributed by atoms with E-state index in [4.69, 9.17) is 9.47 Å². The molecular formula is C26H29NO4. The number of rotatable bonds is 7. The van der Waals surface area contributed by atoms with Crippen molar-refractivity contribution in [2.75, 3.05) is 13.2 Å². The normalized spacial score (nSPS) is 20.8. The summed E-state index contributed by atoms with van der Waals surface area (Å²) in [5.74, 6) is 1.43. The smallest absolute Gasteiger partial charge is 0.225 e. The number of nitrogens with one attached hydrogen (secondary N) is 1. The first-order valence-electron chi connectivity index (χ1n) is 11.1. The zero-order valence-corrected chi connectivity index (χ0v) is 18.1. The van der Waals surface area contributed by atoms with Crippen LogP contribution in [0.1, 0.15) is 62.5 Å². The second-order valence-electron chi connectivity index (χ2n) is 8.11. The number of Topliss-reactive ketones (excluding diaryl/α,β-unsaturated/α-hetero) is 1. The number of allylic oxidation sites excluding steroid dienone is 2. The fourth-order valence-electron chi connectivity index (χ4n) is 4.58. The first-order valence-corrected chi connectivity index (χ1v) is 11.1. The molecule has 2 unspecified atom stereocenters. The highest BCUT2D eigenvalue weighted by atomic mass is 16.5. The van der Waals surface area contributed by atoms with Crippen molar-refractivity contribution in [1.82, 2.24) is 5.32 Å². The largest absolute Gasteiger partial charge is 0.494 e. The minimum Gasteiger partial charge on any atom is -0.494 e. The molecule has 1 N–H and O–H groups in total. The third kappa shape index (κ3) is 4.50. The van der Waals surface area contributed by atoms with Crippen molar-refractivity contribution in [2.45, 2.75) is 51.4 Å². The molecule has 1 heterocycles. The molecule has 0 fully saturated rings.